The van der Waals surface area contributed by atoms with Crippen LogP contribution in [-0.2, 0) is 4.79 Å². The highest BCUT2D eigenvalue weighted by molar-refractivity contribution is 14.1. The molecule has 0 fully saturated rings. The zero-order chi connectivity index (χ0) is 25.3. The van der Waals surface area contributed by atoms with Crippen LogP contribution in [0.4, 0.5) is 5.69 Å². The second-order valence-corrected chi connectivity index (χ2v) is 9.95. The summed E-state index contributed by atoms with van der Waals surface area (Å²) in [5.41, 5.74) is 0.109. The van der Waals surface area contributed by atoms with Gasteiger partial charge in [0, 0.05) is 16.7 Å². The Hall–Kier alpha value is -0.420. The first-order valence-corrected chi connectivity index (χ1v) is 12.6. The molecule has 186 valence electrons. The van der Waals surface area contributed by atoms with Crippen molar-refractivity contribution in [3.63, 3.8) is 0 Å². The van der Waals surface area contributed by atoms with E-state index in [2.05, 4.69) is 16.0 Å². The van der Waals surface area contributed by atoms with Crippen molar-refractivity contribution in [2.24, 2.45) is 5.92 Å². The highest BCUT2D eigenvalue weighted by atomic mass is 127. The van der Waals surface area contributed by atoms with Crippen LogP contribution in [0.1, 0.15) is 20.7 Å². The number of hydrogen-bond acceptors (Lipinski definition) is 9. The maximum Gasteiger partial charge on any atom is 0.253 e. The number of benzene rings is 1. The molecule has 12 nitrogen and oxygen atoms in total. The van der Waals surface area contributed by atoms with Crippen LogP contribution in [0.5, 0.6) is 0 Å². The number of carbonyl (C=O) groups excluding carboxylic acids is 3. The minimum atomic E-state index is -1.20. The van der Waals surface area contributed by atoms with E-state index in [0.717, 1.165) is 0 Å². The molecule has 0 bridgehead atoms. The standard InChI is InChI=1S/C18H24I3N3O9/c19-12-10(17(32)22-1-8(29)5-27)13(20)15(24-16(31)7(3-25)4-26)14(21)11(12)18(33)23-2-9(30)6-28/h7-9,25-30H,1-6H2,(H,22,32)(H,23,33)(H,24,31). The predicted octanol–water partition coefficient (Wildman–Crippen LogP) is -1.79. The number of aliphatic hydroxyl groups is 6. The molecule has 1 aromatic carbocycles. The summed E-state index contributed by atoms with van der Waals surface area (Å²) in [6, 6.07) is 0. The van der Waals surface area contributed by atoms with E-state index in [0.29, 0.717) is 0 Å². The van der Waals surface area contributed by atoms with Crippen molar-refractivity contribution < 1.29 is 45.0 Å². The van der Waals surface area contributed by atoms with E-state index in [1.54, 1.807) is 67.8 Å². The molecule has 0 radical (unpaired) electrons. The Balaban J connectivity index is 3.55. The zero-order valence-electron chi connectivity index (χ0n) is 17.0. The normalized spacial score (nSPS) is 12.9. The Morgan fingerprint density at radius 3 is 1.42 bits per heavy atom. The Kier molecular flexibility index (Phi) is 13.8. The lowest BCUT2D eigenvalue weighted by Crippen LogP contribution is -2.37. The summed E-state index contributed by atoms with van der Waals surface area (Å²) in [6.07, 6.45) is -2.41. The summed E-state index contributed by atoms with van der Waals surface area (Å²) in [5, 5.41) is 63.0. The first-order valence-electron chi connectivity index (χ1n) is 9.41. The van der Waals surface area contributed by atoms with E-state index < -0.39 is 62.3 Å². The third-order valence-corrected chi connectivity index (χ3v) is 7.49. The largest absolute Gasteiger partial charge is 0.395 e. The summed E-state index contributed by atoms with van der Waals surface area (Å²) in [7, 11) is 0. The van der Waals surface area contributed by atoms with Gasteiger partial charge in [-0.15, -0.1) is 0 Å². The predicted molar refractivity (Wildman–Crippen MR) is 142 cm³/mol. The fourth-order valence-electron chi connectivity index (χ4n) is 2.35. The summed E-state index contributed by atoms with van der Waals surface area (Å²) in [6.45, 7) is -2.94. The molecule has 0 aromatic heterocycles. The molecule has 15 heteroatoms. The van der Waals surface area contributed by atoms with E-state index in [4.69, 9.17) is 10.2 Å². The maximum atomic E-state index is 12.9. The SMILES string of the molecule is O=C(NCC(O)CO)c1c(I)c(NC(=O)C(CO)CO)c(I)c(C(=O)NCC(O)CO)c1I. The summed E-state index contributed by atoms with van der Waals surface area (Å²) < 4.78 is 0.729. The van der Waals surface area contributed by atoms with Gasteiger partial charge in [-0.2, -0.15) is 0 Å². The molecule has 0 aliphatic rings. The number of carbonyl (C=O) groups is 3. The Morgan fingerprint density at radius 1 is 0.697 bits per heavy atom. The van der Waals surface area contributed by atoms with Gasteiger partial charge in [-0.1, -0.05) is 0 Å². The van der Waals surface area contributed by atoms with Crippen LogP contribution in [0.2, 0.25) is 0 Å². The van der Waals surface area contributed by atoms with Crippen LogP contribution in [0, 0.1) is 16.6 Å². The molecular formula is C18H24I3N3O9. The highest BCUT2D eigenvalue weighted by Crippen LogP contribution is 2.36. The second-order valence-electron chi connectivity index (χ2n) is 6.71. The van der Waals surface area contributed by atoms with Crippen molar-refractivity contribution in [1.82, 2.24) is 10.6 Å². The number of aliphatic hydroxyl groups excluding tert-OH is 6. The summed E-state index contributed by atoms with van der Waals surface area (Å²) >= 11 is 5.40. The first kappa shape index (κ1) is 30.6. The van der Waals surface area contributed by atoms with Crippen LogP contribution in [0.3, 0.4) is 0 Å². The molecular weight excluding hydrogens is 783 g/mol. The van der Waals surface area contributed by atoms with Crippen LogP contribution >= 0.6 is 67.8 Å². The van der Waals surface area contributed by atoms with Gasteiger partial charge in [0.2, 0.25) is 5.91 Å². The molecule has 0 saturated carbocycles. The van der Waals surface area contributed by atoms with Crippen molar-refractivity contribution in [2.45, 2.75) is 12.2 Å². The number of rotatable bonds is 12. The van der Waals surface area contributed by atoms with E-state index in [9.17, 15) is 34.8 Å². The Morgan fingerprint density at radius 2 is 1.09 bits per heavy atom. The molecule has 2 unspecified atom stereocenters. The Labute approximate surface area is 229 Å². The fraction of sp³-hybridized carbons (Fsp3) is 0.500. The van der Waals surface area contributed by atoms with Gasteiger partial charge in [0.05, 0.1) is 68.5 Å². The van der Waals surface area contributed by atoms with E-state index in [1.165, 1.54) is 0 Å². The number of nitrogens with one attached hydrogen (secondary N) is 3. The Bertz CT molecular complexity index is 815. The lowest BCUT2D eigenvalue weighted by Gasteiger charge is -2.21. The van der Waals surface area contributed by atoms with Crippen LogP contribution in [0.25, 0.3) is 0 Å². The molecule has 9 N–H and O–H groups in total. The summed E-state index contributed by atoms with van der Waals surface area (Å²) in [5.74, 6) is -3.24. The van der Waals surface area contributed by atoms with Gasteiger partial charge < -0.3 is 46.6 Å². The average Bonchev–Trinajstić information content (AvgIpc) is 2.79. The zero-order valence-corrected chi connectivity index (χ0v) is 23.5. The van der Waals surface area contributed by atoms with Crippen LogP contribution in [-0.4, -0.2) is 100 Å². The maximum absolute atomic E-state index is 12.9. The van der Waals surface area contributed by atoms with E-state index in [1.807, 2.05) is 0 Å². The fourth-order valence-corrected chi connectivity index (χ4v) is 6.76. The van der Waals surface area contributed by atoms with Gasteiger partial charge in [-0.25, -0.2) is 0 Å². The van der Waals surface area contributed by atoms with Crippen LogP contribution in [0.15, 0.2) is 0 Å². The monoisotopic (exact) mass is 807 g/mol. The van der Waals surface area contributed by atoms with Crippen molar-refractivity contribution in [3.8, 4) is 0 Å². The summed E-state index contributed by atoms with van der Waals surface area (Å²) in [4.78, 5) is 38.2. The van der Waals surface area contributed by atoms with E-state index in [-0.39, 0.29) is 40.6 Å². The van der Waals surface area contributed by atoms with Gasteiger partial charge in [-0.05, 0) is 67.8 Å². The lowest BCUT2D eigenvalue weighted by atomic mass is 10.1. The number of amides is 3. The van der Waals surface area contributed by atoms with Gasteiger partial charge >= 0.3 is 0 Å². The second kappa shape index (κ2) is 14.9. The van der Waals surface area contributed by atoms with Crippen molar-refractivity contribution >= 4 is 91.2 Å². The molecule has 0 aliphatic heterocycles. The third kappa shape index (κ3) is 8.33. The van der Waals surface area contributed by atoms with Crippen molar-refractivity contribution in [3.05, 3.63) is 21.8 Å². The van der Waals surface area contributed by atoms with Crippen molar-refractivity contribution in [2.75, 3.05) is 44.8 Å². The topological polar surface area (TPSA) is 209 Å². The molecule has 3 amide bonds. The quantitative estimate of drug-likeness (QED) is 0.109. The van der Waals surface area contributed by atoms with Crippen molar-refractivity contribution in [1.29, 1.82) is 0 Å². The molecule has 1 rings (SSSR count). The molecule has 0 heterocycles. The molecule has 33 heavy (non-hydrogen) atoms. The number of halogens is 3. The minimum absolute atomic E-state index is 0.00876. The number of anilines is 1. The van der Waals surface area contributed by atoms with Gasteiger partial charge in [0.15, 0.2) is 0 Å². The van der Waals surface area contributed by atoms with Crippen LogP contribution < -0.4 is 16.0 Å². The van der Waals surface area contributed by atoms with Gasteiger partial charge in [0.25, 0.3) is 11.8 Å². The van der Waals surface area contributed by atoms with Gasteiger partial charge in [0.1, 0.15) is 0 Å². The number of hydrogen-bond donors (Lipinski definition) is 9. The minimum Gasteiger partial charge on any atom is -0.395 e. The smallest absolute Gasteiger partial charge is 0.253 e. The molecule has 1 aromatic rings. The highest BCUT2D eigenvalue weighted by Gasteiger charge is 2.30. The average molecular weight is 807 g/mol. The molecule has 0 spiro atoms. The first-order chi connectivity index (χ1) is 15.5. The van der Waals surface area contributed by atoms with E-state index >= 15 is 0 Å². The molecule has 2 atom stereocenters. The van der Waals surface area contributed by atoms with Gasteiger partial charge in [-0.3, -0.25) is 14.4 Å². The lowest BCUT2D eigenvalue weighted by molar-refractivity contribution is -0.122. The molecule has 0 aliphatic carbocycles. The third-order valence-electron chi connectivity index (χ3n) is 4.25. The molecule has 0 saturated heterocycles.